The minimum Gasteiger partial charge on any atom is -0.356 e. The highest BCUT2D eigenvalue weighted by molar-refractivity contribution is 5.78. The van der Waals surface area contributed by atoms with Gasteiger partial charge in [-0.25, -0.2) is 4.39 Å². The van der Waals surface area contributed by atoms with Crippen LogP contribution in [0.3, 0.4) is 0 Å². The summed E-state index contributed by atoms with van der Waals surface area (Å²) in [6.07, 6.45) is 7.54. The van der Waals surface area contributed by atoms with Crippen molar-refractivity contribution in [2.45, 2.75) is 50.4 Å². The van der Waals surface area contributed by atoms with Gasteiger partial charge in [-0.3, -0.25) is 4.79 Å². The molecule has 1 heterocycles. The van der Waals surface area contributed by atoms with Gasteiger partial charge in [0.15, 0.2) is 0 Å². The van der Waals surface area contributed by atoms with E-state index >= 15 is 0 Å². The molecule has 2 aromatic rings. The van der Waals surface area contributed by atoms with Crippen LogP contribution in [-0.2, 0) is 23.1 Å². The highest BCUT2D eigenvalue weighted by atomic mass is 19.1. The summed E-state index contributed by atoms with van der Waals surface area (Å²) in [6.45, 7) is 4.20. The maximum Gasteiger partial charge on any atom is 0.224 e. The number of aryl methyl sites for hydroxylation is 1. The molecule has 154 valence electrons. The number of hydrogen-bond acceptors (Lipinski definition) is 2. The van der Waals surface area contributed by atoms with E-state index in [1.165, 1.54) is 50.9 Å². The first kappa shape index (κ1) is 20.1. The molecule has 1 aliphatic heterocycles. The van der Waals surface area contributed by atoms with Crippen LogP contribution in [0, 0.1) is 5.82 Å². The average molecular weight is 395 g/mol. The zero-order valence-corrected chi connectivity index (χ0v) is 17.1. The summed E-state index contributed by atoms with van der Waals surface area (Å²) >= 11 is 0. The molecule has 1 fully saturated rings. The fourth-order valence-electron chi connectivity index (χ4n) is 5.03. The van der Waals surface area contributed by atoms with E-state index in [0.717, 1.165) is 24.9 Å². The van der Waals surface area contributed by atoms with E-state index in [-0.39, 0.29) is 11.7 Å². The lowest BCUT2D eigenvalue weighted by molar-refractivity contribution is -0.120. The molecule has 2 aromatic carbocycles. The molecule has 0 aromatic heterocycles. The summed E-state index contributed by atoms with van der Waals surface area (Å²) < 4.78 is 12.9. The number of likely N-dealkylation sites (tertiary alicyclic amines) is 1. The normalized spacial score (nSPS) is 18.0. The summed E-state index contributed by atoms with van der Waals surface area (Å²) in [5, 5.41) is 2.98. The molecule has 0 saturated carbocycles. The Morgan fingerprint density at radius 3 is 2.55 bits per heavy atom. The first-order valence-electron chi connectivity index (χ1n) is 11.0. The van der Waals surface area contributed by atoms with Gasteiger partial charge in [0.2, 0.25) is 5.91 Å². The number of unbranched alkanes of at least 4 members (excludes halogenated alkanes) is 1. The molecule has 1 aliphatic carbocycles. The smallest absolute Gasteiger partial charge is 0.224 e. The van der Waals surface area contributed by atoms with Crippen LogP contribution in [0.2, 0.25) is 0 Å². The molecule has 1 N–H and O–H groups in total. The van der Waals surface area contributed by atoms with E-state index in [2.05, 4.69) is 34.5 Å². The summed E-state index contributed by atoms with van der Waals surface area (Å²) in [6, 6.07) is 15.2. The molecule has 4 rings (SSSR count). The number of benzene rings is 2. The van der Waals surface area contributed by atoms with Crippen LogP contribution >= 0.6 is 0 Å². The predicted octanol–water partition coefficient (Wildman–Crippen LogP) is 4.24. The van der Waals surface area contributed by atoms with Gasteiger partial charge in [0.1, 0.15) is 5.82 Å². The van der Waals surface area contributed by atoms with E-state index in [4.69, 9.17) is 0 Å². The molecule has 0 atom stereocenters. The molecule has 0 bridgehead atoms. The van der Waals surface area contributed by atoms with Crippen molar-refractivity contribution in [2.24, 2.45) is 0 Å². The van der Waals surface area contributed by atoms with Crippen LogP contribution in [-0.4, -0.2) is 37.0 Å². The van der Waals surface area contributed by atoms with E-state index in [1.807, 2.05) is 0 Å². The maximum atomic E-state index is 12.9. The second kappa shape index (κ2) is 9.08. The number of carbonyl (C=O) groups excluding carboxylic acids is 1. The van der Waals surface area contributed by atoms with Gasteiger partial charge in [-0.2, -0.15) is 0 Å². The van der Waals surface area contributed by atoms with Crippen molar-refractivity contribution in [3.8, 4) is 0 Å². The number of rotatable bonds is 7. The summed E-state index contributed by atoms with van der Waals surface area (Å²) in [4.78, 5) is 14.6. The lowest BCUT2D eigenvalue weighted by Gasteiger charge is -2.40. The Labute approximate surface area is 173 Å². The van der Waals surface area contributed by atoms with Gasteiger partial charge in [-0.15, -0.1) is 0 Å². The monoisotopic (exact) mass is 394 g/mol. The molecule has 3 nitrogen and oxygen atoms in total. The summed E-state index contributed by atoms with van der Waals surface area (Å²) in [7, 11) is 0. The third-order valence-electron chi connectivity index (χ3n) is 6.78. The van der Waals surface area contributed by atoms with Gasteiger partial charge in [-0.1, -0.05) is 36.4 Å². The number of nitrogens with one attached hydrogen (secondary N) is 1. The molecule has 29 heavy (non-hydrogen) atoms. The van der Waals surface area contributed by atoms with Crippen LogP contribution < -0.4 is 5.32 Å². The Kier molecular flexibility index (Phi) is 6.29. The lowest BCUT2D eigenvalue weighted by atomic mass is 9.74. The second-order valence-corrected chi connectivity index (χ2v) is 8.64. The van der Waals surface area contributed by atoms with Gasteiger partial charge < -0.3 is 10.2 Å². The number of fused-ring (bicyclic) bond motifs is 2. The molecule has 1 spiro atoms. The molecular formula is C25H31FN2O. The third-order valence-corrected chi connectivity index (χ3v) is 6.78. The number of piperidine rings is 1. The predicted molar refractivity (Wildman–Crippen MR) is 114 cm³/mol. The Balaban J connectivity index is 1.12. The quantitative estimate of drug-likeness (QED) is 0.712. The van der Waals surface area contributed by atoms with E-state index in [9.17, 15) is 9.18 Å². The zero-order chi connectivity index (χ0) is 20.1. The van der Waals surface area contributed by atoms with Gasteiger partial charge in [0.05, 0.1) is 6.42 Å². The SMILES string of the molecule is O=C(Cc1ccc(F)cc1)NCCCCN1CCC2(CCc3ccccc32)CC1. The fourth-order valence-corrected chi connectivity index (χ4v) is 5.03. The Morgan fingerprint density at radius 1 is 1.00 bits per heavy atom. The number of hydrogen-bond donors (Lipinski definition) is 1. The topological polar surface area (TPSA) is 32.3 Å². The first-order chi connectivity index (χ1) is 14.1. The van der Waals surface area contributed by atoms with Crippen LogP contribution in [0.15, 0.2) is 48.5 Å². The second-order valence-electron chi connectivity index (χ2n) is 8.64. The minimum atomic E-state index is -0.269. The first-order valence-corrected chi connectivity index (χ1v) is 11.0. The Bertz CT molecular complexity index is 825. The van der Waals surface area contributed by atoms with Crippen molar-refractivity contribution in [1.29, 1.82) is 0 Å². The van der Waals surface area contributed by atoms with Crippen LogP contribution in [0.1, 0.15) is 48.8 Å². The molecular weight excluding hydrogens is 363 g/mol. The van der Waals surface area contributed by atoms with E-state index in [1.54, 1.807) is 23.3 Å². The van der Waals surface area contributed by atoms with E-state index in [0.29, 0.717) is 18.4 Å². The van der Waals surface area contributed by atoms with Crippen molar-refractivity contribution in [1.82, 2.24) is 10.2 Å². The third kappa shape index (κ3) is 4.87. The van der Waals surface area contributed by atoms with Crippen molar-refractivity contribution in [3.63, 3.8) is 0 Å². The highest BCUT2D eigenvalue weighted by Crippen LogP contribution is 2.46. The van der Waals surface area contributed by atoms with Crippen LogP contribution in [0.5, 0.6) is 0 Å². The van der Waals surface area contributed by atoms with Gasteiger partial charge in [0, 0.05) is 6.54 Å². The molecule has 0 radical (unpaired) electrons. The Morgan fingerprint density at radius 2 is 1.76 bits per heavy atom. The van der Waals surface area contributed by atoms with Gasteiger partial charge in [-0.05, 0) is 92.4 Å². The van der Waals surface area contributed by atoms with Gasteiger partial charge >= 0.3 is 0 Å². The number of carbonyl (C=O) groups is 1. The number of nitrogens with zero attached hydrogens (tertiary/aromatic N) is 1. The lowest BCUT2D eigenvalue weighted by Crippen LogP contribution is -2.42. The van der Waals surface area contributed by atoms with Crippen molar-refractivity contribution >= 4 is 5.91 Å². The minimum absolute atomic E-state index is 0.0106. The fraction of sp³-hybridized carbons (Fsp3) is 0.480. The van der Waals surface area contributed by atoms with E-state index < -0.39 is 0 Å². The molecule has 1 amide bonds. The van der Waals surface area contributed by atoms with Gasteiger partial charge in [0.25, 0.3) is 0 Å². The van der Waals surface area contributed by atoms with Crippen LogP contribution in [0.25, 0.3) is 0 Å². The zero-order valence-electron chi connectivity index (χ0n) is 17.1. The Hall–Kier alpha value is -2.20. The number of halogens is 1. The molecule has 2 aliphatic rings. The maximum absolute atomic E-state index is 12.9. The van der Waals surface area contributed by atoms with Crippen LogP contribution in [0.4, 0.5) is 4.39 Å². The largest absolute Gasteiger partial charge is 0.356 e. The van der Waals surface area contributed by atoms with Crippen molar-refractivity contribution in [2.75, 3.05) is 26.2 Å². The molecule has 1 saturated heterocycles. The molecule has 4 heteroatoms. The molecule has 0 unspecified atom stereocenters. The standard InChI is InChI=1S/C25H31FN2O/c26-22-9-7-20(8-10-22)19-24(29)27-15-3-4-16-28-17-13-25(14-18-28)12-11-21-5-1-2-6-23(21)25/h1-2,5-10H,3-4,11-19H2,(H,27,29). The average Bonchev–Trinajstić information content (AvgIpc) is 3.09. The number of amides is 1. The highest BCUT2D eigenvalue weighted by Gasteiger charge is 2.40. The summed E-state index contributed by atoms with van der Waals surface area (Å²) in [5.74, 6) is -0.258. The van der Waals surface area contributed by atoms with Crippen molar-refractivity contribution in [3.05, 3.63) is 71.0 Å². The summed E-state index contributed by atoms with van der Waals surface area (Å²) in [5.41, 5.74) is 4.46. The van der Waals surface area contributed by atoms with Crippen molar-refractivity contribution < 1.29 is 9.18 Å².